The molecule has 0 N–H and O–H groups in total. The molecule has 0 bridgehead atoms. The molecule has 16 heteroatoms. The van der Waals surface area contributed by atoms with Crippen LogP contribution in [0.4, 0.5) is 70.2 Å². The number of rotatable bonds is 3. The Balaban J connectivity index is 6.19. The zero-order valence-corrected chi connectivity index (χ0v) is 10.5. The topological polar surface area (TPSA) is 0 Å². The summed E-state index contributed by atoms with van der Waals surface area (Å²) in [5.74, 6) is -39.0. The van der Waals surface area contributed by atoms with Crippen molar-refractivity contribution in [2.45, 2.75) is 42.0 Å². The molecule has 0 aromatic heterocycles. The van der Waals surface area contributed by atoms with E-state index in [1.807, 2.05) is 0 Å². The minimum Gasteiger partial charge on any atom is -0.192 e. The van der Waals surface area contributed by atoms with Crippen molar-refractivity contribution in [2.75, 3.05) is 0 Å². The molecule has 25 heavy (non-hydrogen) atoms. The van der Waals surface area contributed by atoms with E-state index in [1.165, 1.54) is 0 Å². The zero-order chi connectivity index (χ0) is 20.9. The van der Waals surface area contributed by atoms with Crippen LogP contribution in [-0.4, -0.2) is 42.0 Å². The molecule has 0 aliphatic heterocycles. The van der Waals surface area contributed by atoms with Gasteiger partial charge in [-0.1, -0.05) is 0 Å². The molecule has 0 aliphatic carbocycles. The molecule has 0 amide bonds. The first-order valence-electron chi connectivity index (χ1n) is 5.02. The molecule has 0 radical (unpaired) electrons. The third-order valence-corrected chi connectivity index (χ3v) is 2.27. The van der Waals surface area contributed by atoms with Gasteiger partial charge in [0.15, 0.2) is 0 Å². The summed E-state index contributed by atoms with van der Waals surface area (Å²) in [5.41, 5.74) is 0. The first-order chi connectivity index (χ1) is 10.5. The summed E-state index contributed by atoms with van der Waals surface area (Å²) >= 11 is 0. The molecule has 0 unspecified atom stereocenters. The second-order valence-electron chi connectivity index (χ2n) is 4.12. The summed E-state index contributed by atoms with van der Waals surface area (Å²) in [5, 5.41) is 0. The molecule has 0 aromatic rings. The minimum atomic E-state index is -7.95. The quantitative estimate of drug-likeness (QED) is 0.437. The highest BCUT2D eigenvalue weighted by atomic mass is 19.4. The molecule has 0 saturated heterocycles. The molecule has 148 valence electrons. The minimum absolute atomic E-state index is 0.890. The van der Waals surface area contributed by atoms with E-state index in [4.69, 9.17) is 0 Å². The number of hydrogen-bond acceptors (Lipinski definition) is 0. The highest BCUT2D eigenvalue weighted by Crippen LogP contribution is 2.57. The predicted molar refractivity (Wildman–Crippen MR) is 44.6 cm³/mol. The van der Waals surface area contributed by atoms with Crippen molar-refractivity contribution >= 4 is 0 Å². The van der Waals surface area contributed by atoms with Crippen molar-refractivity contribution < 1.29 is 70.2 Å². The maximum Gasteiger partial charge on any atom is 0.466 e. The third-order valence-electron chi connectivity index (χ3n) is 2.27. The van der Waals surface area contributed by atoms with Gasteiger partial charge in [-0.15, -0.1) is 0 Å². The second kappa shape index (κ2) is 5.73. The van der Waals surface area contributed by atoms with Gasteiger partial charge >= 0.3 is 42.0 Å². The van der Waals surface area contributed by atoms with E-state index in [0.29, 0.717) is 0 Å². The van der Waals surface area contributed by atoms with E-state index in [-0.39, 0.29) is 0 Å². The molecule has 0 fully saturated rings. The first-order valence-corrected chi connectivity index (χ1v) is 5.02. The van der Waals surface area contributed by atoms with Crippen molar-refractivity contribution in [3.05, 3.63) is 0 Å². The van der Waals surface area contributed by atoms with Crippen molar-refractivity contribution in [2.24, 2.45) is 0 Å². The van der Waals surface area contributed by atoms with Gasteiger partial charge in [0.05, 0.1) is 0 Å². The average Bonchev–Trinajstić information content (AvgIpc) is 2.33. The fourth-order valence-electron chi connectivity index (χ4n) is 0.879. The Morgan fingerprint density at radius 3 is 0.920 bits per heavy atom. The van der Waals surface area contributed by atoms with Crippen LogP contribution in [0.5, 0.6) is 0 Å². The summed E-state index contributed by atoms with van der Waals surface area (Å²) in [7, 11) is 0. The molecule has 0 saturated carbocycles. The highest BCUT2D eigenvalue weighted by Gasteiger charge is 2.87. The molecule has 0 nitrogen and oxygen atoms in total. The number of halogens is 16. The lowest BCUT2D eigenvalue weighted by atomic mass is 9.98. The Hall–Kier alpha value is -1.56. The monoisotopic (exact) mass is 412 g/mol. The maximum atomic E-state index is 12.8. The second-order valence-corrected chi connectivity index (χ2v) is 4.12. The van der Waals surface area contributed by atoms with Gasteiger partial charge in [-0.25, -0.2) is 0 Å². The molecule has 0 heterocycles. The van der Waals surface area contributed by atoms with E-state index in [0.717, 1.165) is 0 Å². The van der Waals surface area contributed by atoms with Crippen molar-refractivity contribution in [3.63, 3.8) is 0 Å². The van der Waals surface area contributed by atoms with E-state index < -0.39 is 53.8 Å². The summed E-state index contributed by atoms with van der Waals surface area (Å²) in [6, 6.07) is 0. The van der Waals surface area contributed by atoms with Crippen LogP contribution in [0.2, 0.25) is 0 Å². The van der Waals surface area contributed by atoms with Crippen molar-refractivity contribution in [1.29, 1.82) is 0 Å². The van der Waals surface area contributed by atoms with Gasteiger partial charge in [0, 0.05) is 0 Å². The van der Waals surface area contributed by atoms with E-state index in [9.17, 15) is 70.2 Å². The highest BCUT2D eigenvalue weighted by molar-refractivity contribution is 5.24. The standard InChI is InChI=1S/C9F16/c10-3(11,1-2-4(12,13)8(20,21)22)5(14,15)6(16,17)7(18,19)9(23,24)25. The van der Waals surface area contributed by atoms with Crippen LogP contribution in [0.25, 0.3) is 0 Å². The third kappa shape index (κ3) is 3.68. The lowest BCUT2D eigenvalue weighted by molar-refractivity contribution is -0.416. The van der Waals surface area contributed by atoms with Crippen LogP contribution < -0.4 is 0 Å². The fraction of sp³-hybridized carbons (Fsp3) is 0.778. The van der Waals surface area contributed by atoms with Crippen LogP contribution in [0.15, 0.2) is 0 Å². The Morgan fingerprint density at radius 1 is 0.320 bits per heavy atom. The van der Waals surface area contributed by atoms with Crippen LogP contribution in [0.1, 0.15) is 0 Å². The molecule has 0 aromatic carbocycles. The lowest BCUT2D eigenvalue weighted by Gasteiger charge is -2.35. The van der Waals surface area contributed by atoms with Crippen LogP contribution in [0.3, 0.4) is 0 Å². The maximum absolute atomic E-state index is 12.8. The van der Waals surface area contributed by atoms with Gasteiger partial charge in [0.25, 0.3) is 0 Å². The van der Waals surface area contributed by atoms with Crippen LogP contribution in [-0.2, 0) is 0 Å². The predicted octanol–water partition coefficient (Wildman–Crippen LogP) is 5.29. The van der Waals surface area contributed by atoms with E-state index in [1.54, 1.807) is 0 Å². The Bertz CT molecular complexity index is 549. The van der Waals surface area contributed by atoms with Crippen molar-refractivity contribution in [3.8, 4) is 11.8 Å². The van der Waals surface area contributed by atoms with Crippen LogP contribution in [0, 0.1) is 11.8 Å². The smallest absolute Gasteiger partial charge is 0.192 e. The lowest BCUT2D eigenvalue weighted by Crippen LogP contribution is -2.66. The van der Waals surface area contributed by atoms with Gasteiger partial charge in [-0.05, 0) is 11.8 Å². The summed E-state index contributed by atoms with van der Waals surface area (Å²) in [4.78, 5) is 0. The largest absolute Gasteiger partial charge is 0.466 e. The zero-order valence-electron chi connectivity index (χ0n) is 10.5. The van der Waals surface area contributed by atoms with E-state index in [2.05, 4.69) is 0 Å². The van der Waals surface area contributed by atoms with Gasteiger partial charge in [-0.3, -0.25) is 0 Å². The molecule has 0 spiro atoms. The molecule has 0 rings (SSSR count). The Morgan fingerprint density at radius 2 is 0.640 bits per heavy atom. The Labute approximate surface area is 125 Å². The molecule has 0 atom stereocenters. The first kappa shape index (κ1) is 23.4. The average molecular weight is 412 g/mol. The normalized spacial score (nSPS) is 15.7. The van der Waals surface area contributed by atoms with Gasteiger partial charge < -0.3 is 0 Å². The SMILES string of the molecule is FC(F)(F)C(F)(F)C#CC(F)(F)C(F)(F)C(F)(F)C(F)(F)C(F)(F)F. The fourth-order valence-corrected chi connectivity index (χ4v) is 0.879. The van der Waals surface area contributed by atoms with Crippen molar-refractivity contribution in [1.82, 2.24) is 0 Å². The number of alkyl halides is 16. The van der Waals surface area contributed by atoms with Gasteiger partial charge in [-0.2, -0.15) is 70.2 Å². The summed E-state index contributed by atoms with van der Waals surface area (Å²) in [6.07, 6.45) is -14.3. The Kier molecular flexibility index (Phi) is 5.37. The molecular weight excluding hydrogens is 412 g/mol. The summed E-state index contributed by atoms with van der Waals surface area (Å²) in [6.45, 7) is 0. The summed E-state index contributed by atoms with van der Waals surface area (Å²) < 4.78 is 195. The molecular formula is C9F16. The number of hydrogen-bond donors (Lipinski definition) is 0. The molecule has 0 aliphatic rings. The van der Waals surface area contributed by atoms with Crippen LogP contribution >= 0.6 is 0 Å². The van der Waals surface area contributed by atoms with Gasteiger partial charge in [0.1, 0.15) is 0 Å². The van der Waals surface area contributed by atoms with Gasteiger partial charge in [0.2, 0.25) is 0 Å². The van der Waals surface area contributed by atoms with E-state index >= 15 is 0 Å².